The maximum absolute atomic E-state index is 11.4. The second-order valence-electron chi connectivity index (χ2n) is 6.19. The molecule has 1 amide bonds. The van der Waals surface area contributed by atoms with Crippen molar-refractivity contribution in [3.8, 4) is 11.5 Å². The molecule has 1 aliphatic carbocycles. The van der Waals surface area contributed by atoms with Crippen molar-refractivity contribution in [2.24, 2.45) is 5.10 Å². The van der Waals surface area contributed by atoms with Crippen molar-refractivity contribution in [3.05, 3.63) is 34.0 Å². The fourth-order valence-electron chi connectivity index (χ4n) is 3.10. The number of hydrogen-bond donors (Lipinski definition) is 1. The second kappa shape index (κ2) is 8.47. The first-order valence-electron chi connectivity index (χ1n) is 8.88. The molecular weight excluding hydrogens is 354 g/mol. The van der Waals surface area contributed by atoms with Crippen molar-refractivity contribution >= 4 is 18.2 Å². The van der Waals surface area contributed by atoms with Crippen LogP contribution in [0.2, 0.25) is 0 Å². The van der Waals surface area contributed by atoms with E-state index in [1.165, 1.54) is 24.8 Å². The number of rotatable bonds is 6. The summed E-state index contributed by atoms with van der Waals surface area (Å²) in [5.74, 6) is -0.0846. The topological polar surface area (TPSA) is 125 Å². The summed E-state index contributed by atoms with van der Waals surface area (Å²) >= 11 is 0. The van der Waals surface area contributed by atoms with Gasteiger partial charge in [0, 0.05) is 11.8 Å². The Morgan fingerprint density at radius 1 is 1.48 bits per heavy atom. The summed E-state index contributed by atoms with van der Waals surface area (Å²) in [5, 5.41) is 19.3. The lowest BCUT2D eigenvalue weighted by Crippen LogP contribution is -2.18. The van der Waals surface area contributed by atoms with Gasteiger partial charge in [-0.25, -0.2) is 10.2 Å². The third-order valence-electron chi connectivity index (χ3n) is 4.35. The number of hydrogen-bond acceptors (Lipinski definition) is 7. The summed E-state index contributed by atoms with van der Waals surface area (Å²) in [7, 11) is 0. The summed E-state index contributed by atoms with van der Waals surface area (Å²) in [5.41, 5.74) is 3.27. The van der Waals surface area contributed by atoms with Crippen LogP contribution in [0.1, 0.15) is 50.6 Å². The molecule has 144 valence electrons. The number of hydrazone groups is 1. The number of nitrogens with zero attached hydrogens (tertiary/aromatic N) is 4. The molecule has 0 bridgehead atoms. The van der Waals surface area contributed by atoms with Crippen molar-refractivity contribution in [2.45, 2.75) is 45.1 Å². The van der Waals surface area contributed by atoms with Gasteiger partial charge in [0.25, 0.3) is 0 Å². The number of nitrogens with one attached hydrogen (secondary N) is 1. The smallest absolute Gasteiger partial charge is 0.433 e. The van der Waals surface area contributed by atoms with Gasteiger partial charge in [0.15, 0.2) is 5.76 Å². The molecule has 10 nitrogen and oxygen atoms in total. The zero-order chi connectivity index (χ0) is 19.2. The third kappa shape index (κ3) is 4.52. The fraction of sp³-hybridized carbons (Fsp3) is 0.471. The summed E-state index contributed by atoms with van der Waals surface area (Å²) in [6, 6.07) is 3.05. The minimum Gasteiger partial charge on any atom is -0.449 e. The van der Waals surface area contributed by atoms with E-state index < -0.39 is 11.0 Å². The Balaban J connectivity index is 1.88. The average Bonchev–Trinajstić information content (AvgIpc) is 3.30. The highest BCUT2D eigenvalue weighted by atomic mass is 16.6. The van der Waals surface area contributed by atoms with Gasteiger partial charge in [-0.3, -0.25) is 14.8 Å². The molecule has 0 atom stereocenters. The number of carbonyl (C=O) groups is 1. The van der Waals surface area contributed by atoms with Crippen LogP contribution in [0.4, 0.5) is 10.7 Å². The standard InChI is InChI=1S/C17H21N5O5/c1-2-26-17(23)19-18-10-12-11-21(13-6-4-3-5-7-13)20-16(12)14-8-9-15(27-14)22(24)25/h8-11,13H,2-7H2,1H3,(H,19,23). The Kier molecular flexibility index (Phi) is 5.84. The van der Waals surface area contributed by atoms with Crippen molar-refractivity contribution in [1.29, 1.82) is 0 Å². The quantitative estimate of drug-likeness (QED) is 0.467. The Labute approximate surface area is 155 Å². The molecule has 1 fully saturated rings. The molecule has 2 heterocycles. The number of ether oxygens (including phenoxy) is 1. The number of carbonyl (C=O) groups excluding carboxylic acids is 1. The molecule has 0 unspecified atom stereocenters. The number of aromatic nitrogens is 2. The lowest BCUT2D eigenvalue weighted by atomic mass is 9.96. The third-order valence-corrected chi connectivity index (χ3v) is 4.35. The molecule has 10 heteroatoms. The van der Waals surface area contributed by atoms with E-state index in [2.05, 4.69) is 15.6 Å². The van der Waals surface area contributed by atoms with E-state index in [9.17, 15) is 14.9 Å². The van der Waals surface area contributed by atoms with Gasteiger partial charge in [0.05, 0.1) is 24.9 Å². The van der Waals surface area contributed by atoms with Crippen molar-refractivity contribution in [1.82, 2.24) is 15.2 Å². The van der Waals surface area contributed by atoms with E-state index in [-0.39, 0.29) is 24.3 Å². The van der Waals surface area contributed by atoms with E-state index >= 15 is 0 Å². The lowest BCUT2D eigenvalue weighted by molar-refractivity contribution is -0.401. The number of amides is 1. The van der Waals surface area contributed by atoms with E-state index in [1.807, 2.05) is 10.9 Å². The maximum atomic E-state index is 11.4. The summed E-state index contributed by atoms with van der Waals surface area (Å²) in [6.07, 6.45) is 8.12. The molecule has 1 aliphatic rings. The van der Waals surface area contributed by atoms with Gasteiger partial charge in [-0.15, -0.1) is 0 Å². The minimum absolute atomic E-state index is 0.238. The summed E-state index contributed by atoms with van der Waals surface area (Å²) in [6.45, 7) is 1.93. The van der Waals surface area contributed by atoms with Gasteiger partial charge in [-0.05, 0) is 25.8 Å². The first-order chi connectivity index (χ1) is 13.1. The Hall–Kier alpha value is -3.17. The zero-order valence-electron chi connectivity index (χ0n) is 15.0. The Bertz CT molecular complexity index is 835. The number of nitro groups is 1. The first kappa shape index (κ1) is 18.6. The minimum atomic E-state index is -0.663. The average molecular weight is 375 g/mol. The van der Waals surface area contributed by atoms with Crippen LogP contribution in [0.3, 0.4) is 0 Å². The molecule has 1 N–H and O–H groups in total. The van der Waals surface area contributed by atoms with Gasteiger partial charge >= 0.3 is 12.0 Å². The predicted molar refractivity (Wildman–Crippen MR) is 96.5 cm³/mol. The molecule has 0 aromatic carbocycles. The van der Waals surface area contributed by atoms with Crippen LogP contribution >= 0.6 is 0 Å². The molecule has 3 rings (SSSR count). The Morgan fingerprint density at radius 2 is 2.26 bits per heavy atom. The monoisotopic (exact) mass is 375 g/mol. The van der Waals surface area contributed by atoms with Crippen LogP contribution in [0.5, 0.6) is 0 Å². The molecule has 0 spiro atoms. The van der Waals surface area contributed by atoms with Crippen molar-refractivity contribution in [2.75, 3.05) is 6.61 Å². The molecule has 0 radical (unpaired) electrons. The molecule has 0 aliphatic heterocycles. The zero-order valence-corrected chi connectivity index (χ0v) is 15.0. The van der Waals surface area contributed by atoms with Gasteiger partial charge < -0.3 is 9.15 Å². The highest BCUT2D eigenvalue weighted by Gasteiger charge is 2.22. The largest absolute Gasteiger partial charge is 0.449 e. The van der Waals surface area contributed by atoms with Crippen LogP contribution in [-0.2, 0) is 4.74 Å². The highest BCUT2D eigenvalue weighted by molar-refractivity contribution is 5.88. The van der Waals surface area contributed by atoms with Crippen molar-refractivity contribution in [3.63, 3.8) is 0 Å². The van der Waals surface area contributed by atoms with E-state index in [1.54, 1.807) is 6.92 Å². The number of furan rings is 1. The van der Waals surface area contributed by atoms with Gasteiger partial charge in [-0.2, -0.15) is 10.2 Å². The predicted octanol–water partition coefficient (Wildman–Crippen LogP) is 3.64. The summed E-state index contributed by atoms with van der Waals surface area (Å²) < 4.78 is 11.9. The van der Waals surface area contributed by atoms with Crippen LogP contribution in [0.25, 0.3) is 11.5 Å². The van der Waals surface area contributed by atoms with Crippen molar-refractivity contribution < 1.29 is 18.9 Å². The van der Waals surface area contributed by atoms with Crippen LogP contribution in [0, 0.1) is 10.1 Å². The van der Waals surface area contributed by atoms with E-state index in [0.29, 0.717) is 11.3 Å². The van der Waals surface area contributed by atoms with Gasteiger partial charge in [-0.1, -0.05) is 19.3 Å². The normalized spacial score (nSPS) is 15.1. The van der Waals surface area contributed by atoms with E-state index in [4.69, 9.17) is 9.15 Å². The van der Waals surface area contributed by atoms with Crippen LogP contribution < -0.4 is 5.43 Å². The molecule has 0 saturated heterocycles. The SMILES string of the molecule is CCOC(=O)NN=Cc1cn(C2CCCCC2)nc1-c1ccc([N+](=O)[O-])o1. The summed E-state index contributed by atoms with van der Waals surface area (Å²) in [4.78, 5) is 21.6. The molecule has 2 aromatic heterocycles. The van der Waals surface area contributed by atoms with Gasteiger partial charge in [0.2, 0.25) is 0 Å². The maximum Gasteiger partial charge on any atom is 0.433 e. The molecule has 1 saturated carbocycles. The molecular formula is C17H21N5O5. The van der Waals surface area contributed by atoms with E-state index in [0.717, 1.165) is 25.7 Å². The molecule has 27 heavy (non-hydrogen) atoms. The fourth-order valence-corrected chi connectivity index (χ4v) is 3.10. The van der Waals surface area contributed by atoms with Gasteiger partial charge in [0.1, 0.15) is 10.6 Å². The lowest BCUT2D eigenvalue weighted by Gasteiger charge is -2.21. The first-order valence-corrected chi connectivity index (χ1v) is 8.88. The van der Waals surface area contributed by atoms with Crippen LogP contribution in [0.15, 0.2) is 27.8 Å². The van der Waals surface area contributed by atoms with Crippen LogP contribution in [-0.4, -0.2) is 33.6 Å². The second-order valence-corrected chi connectivity index (χ2v) is 6.19. The Morgan fingerprint density at radius 3 is 2.93 bits per heavy atom. The highest BCUT2D eigenvalue weighted by Crippen LogP contribution is 2.31. The molecule has 2 aromatic rings.